The molecule has 8 heteroatoms. The minimum atomic E-state index is -4.60. The monoisotopic (exact) mass is 272 g/mol. The van der Waals surface area contributed by atoms with Crippen LogP contribution in [0.1, 0.15) is 11.3 Å². The number of carbonyl (C=O) groups excluding carboxylic acids is 1. The fraction of sp³-hybridized carbons (Fsp3) is 0.364. The van der Waals surface area contributed by atoms with Crippen LogP contribution in [0.5, 0.6) is 0 Å². The Bertz CT molecular complexity index is 520. The van der Waals surface area contributed by atoms with Crippen LogP contribution in [0.25, 0.3) is 0 Å². The Balaban J connectivity index is 2.98. The van der Waals surface area contributed by atoms with Gasteiger partial charge < -0.3 is 10.2 Å². The van der Waals surface area contributed by atoms with E-state index in [0.717, 1.165) is 12.1 Å². The lowest BCUT2D eigenvalue weighted by Crippen LogP contribution is -2.29. The zero-order valence-electron chi connectivity index (χ0n) is 10.2. The number of nitriles is 1. The molecule has 0 aliphatic heterocycles. The van der Waals surface area contributed by atoms with Crippen molar-refractivity contribution in [2.75, 3.05) is 26.0 Å². The van der Waals surface area contributed by atoms with E-state index in [9.17, 15) is 18.0 Å². The van der Waals surface area contributed by atoms with Gasteiger partial charge in [0.05, 0.1) is 12.1 Å². The van der Waals surface area contributed by atoms with Gasteiger partial charge in [-0.1, -0.05) is 0 Å². The Morgan fingerprint density at radius 3 is 2.58 bits per heavy atom. The van der Waals surface area contributed by atoms with Crippen LogP contribution in [0.2, 0.25) is 0 Å². The second kappa shape index (κ2) is 5.56. The van der Waals surface area contributed by atoms with Crippen LogP contribution in [0.15, 0.2) is 12.1 Å². The number of nitrogens with one attached hydrogen (secondary N) is 1. The smallest absolute Gasteiger partial charge is 0.360 e. The van der Waals surface area contributed by atoms with Gasteiger partial charge in [-0.05, 0) is 12.1 Å². The molecule has 0 radical (unpaired) electrons. The number of carbonyl (C=O) groups is 1. The maximum absolute atomic E-state index is 12.5. The number of hydrogen-bond donors (Lipinski definition) is 1. The number of hydrogen-bond acceptors (Lipinski definition) is 4. The molecule has 0 fully saturated rings. The van der Waals surface area contributed by atoms with Crippen LogP contribution in [0.4, 0.5) is 19.0 Å². The molecule has 0 saturated heterocycles. The highest BCUT2D eigenvalue weighted by molar-refractivity contribution is 5.80. The van der Waals surface area contributed by atoms with Gasteiger partial charge in [0, 0.05) is 14.1 Å². The predicted molar refractivity (Wildman–Crippen MR) is 61.1 cm³/mol. The summed E-state index contributed by atoms with van der Waals surface area (Å²) in [5.41, 5.74) is -1.18. The van der Waals surface area contributed by atoms with Crippen molar-refractivity contribution in [3.8, 4) is 6.07 Å². The maximum Gasteiger partial charge on any atom is 0.433 e. The normalized spacial score (nSPS) is 10.7. The lowest BCUT2D eigenvalue weighted by Gasteiger charge is -2.13. The second-order valence-electron chi connectivity index (χ2n) is 3.84. The molecule has 1 heterocycles. The van der Waals surface area contributed by atoms with Gasteiger partial charge in [0.1, 0.15) is 17.6 Å². The lowest BCUT2D eigenvalue weighted by molar-refractivity contribution is -0.141. The van der Waals surface area contributed by atoms with Gasteiger partial charge in [0.25, 0.3) is 0 Å². The van der Waals surface area contributed by atoms with Crippen molar-refractivity contribution < 1.29 is 18.0 Å². The van der Waals surface area contributed by atoms with Crippen molar-refractivity contribution in [2.45, 2.75) is 6.18 Å². The Labute approximate surface area is 107 Å². The van der Waals surface area contributed by atoms with E-state index >= 15 is 0 Å². The number of aromatic nitrogens is 1. The summed E-state index contributed by atoms with van der Waals surface area (Å²) in [6, 6.07) is 3.44. The van der Waals surface area contributed by atoms with Gasteiger partial charge in [-0.2, -0.15) is 18.4 Å². The Morgan fingerprint density at radius 2 is 2.11 bits per heavy atom. The van der Waals surface area contributed by atoms with Crippen molar-refractivity contribution in [3.05, 3.63) is 23.4 Å². The molecule has 0 aromatic carbocycles. The lowest BCUT2D eigenvalue weighted by atomic mass is 10.2. The van der Waals surface area contributed by atoms with Crippen molar-refractivity contribution in [3.63, 3.8) is 0 Å². The summed E-state index contributed by atoms with van der Waals surface area (Å²) in [4.78, 5) is 15.9. The van der Waals surface area contributed by atoms with Crippen LogP contribution in [0.3, 0.4) is 0 Å². The summed E-state index contributed by atoms with van der Waals surface area (Å²) in [5.74, 6) is -0.601. The highest BCUT2D eigenvalue weighted by atomic mass is 19.4. The summed E-state index contributed by atoms with van der Waals surface area (Å²) >= 11 is 0. The van der Waals surface area contributed by atoms with Crippen molar-refractivity contribution >= 4 is 11.7 Å². The fourth-order valence-corrected chi connectivity index (χ4v) is 1.16. The van der Waals surface area contributed by atoms with Gasteiger partial charge in [-0.15, -0.1) is 0 Å². The van der Waals surface area contributed by atoms with Gasteiger partial charge in [-0.25, -0.2) is 4.98 Å². The zero-order chi connectivity index (χ0) is 14.6. The summed E-state index contributed by atoms with van der Waals surface area (Å²) in [7, 11) is 3.02. The molecule has 0 spiro atoms. The molecule has 0 bridgehead atoms. The average molecular weight is 272 g/mol. The van der Waals surface area contributed by atoms with Crippen LogP contribution < -0.4 is 5.32 Å². The number of halogens is 3. The van der Waals surface area contributed by atoms with Crippen LogP contribution in [-0.2, 0) is 11.0 Å². The van der Waals surface area contributed by atoms with E-state index in [2.05, 4.69) is 10.3 Å². The van der Waals surface area contributed by atoms with Crippen molar-refractivity contribution in [1.82, 2.24) is 9.88 Å². The molecule has 102 valence electrons. The number of amides is 1. The van der Waals surface area contributed by atoms with E-state index in [0.29, 0.717) is 0 Å². The Kier molecular flexibility index (Phi) is 4.32. The first kappa shape index (κ1) is 14.8. The standard InChI is InChI=1S/C11H11F3N4O/c1-18(2)9(19)6-16-10-7(5-15)3-4-8(17-10)11(12,13)14/h3-4H,6H2,1-2H3,(H,16,17). The first-order chi connectivity index (χ1) is 8.75. The first-order valence-electron chi connectivity index (χ1n) is 5.18. The number of anilines is 1. The number of alkyl halides is 3. The maximum atomic E-state index is 12.5. The van der Waals surface area contributed by atoms with E-state index in [1.165, 1.54) is 19.0 Å². The quantitative estimate of drug-likeness (QED) is 0.904. The molecule has 0 unspecified atom stereocenters. The minimum Gasteiger partial charge on any atom is -0.360 e. The van der Waals surface area contributed by atoms with Gasteiger partial charge in [0.15, 0.2) is 0 Å². The van der Waals surface area contributed by atoms with Crippen LogP contribution >= 0.6 is 0 Å². The topological polar surface area (TPSA) is 69.0 Å². The third-order valence-corrected chi connectivity index (χ3v) is 2.21. The molecule has 0 aliphatic rings. The highest BCUT2D eigenvalue weighted by Gasteiger charge is 2.33. The Hall–Kier alpha value is -2.30. The van der Waals surface area contributed by atoms with Gasteiger partial charge in [-0.3, -0.25) is 4.79 Å². The molecular formula is C11H11F3N4O. The van der Waals surface area contributed by atoms with E-state index in [4.69, 9.17) is 5.26 Å². The summed E-state index contributed by atoms with van der Waals surface area (Å²) in [5, 5.41) is 11.2. The number of nitrogens with zero attached hydrogens (tertiary/aromatic N) is 3. The molecule has 0 atom stereocenters. The average Bonchev–Trinajstić information content (AvgIpc) is 2.34. The SMILES string of the molecule is CN(C)C(=O)CNc1nc(C(F)(F)F)ccc1C#N. The molecule has 0 aliphatic carbocycles. The summed E-state index contributed by atoms with van der Waals surface area (Å²) < 4.78 is 37.4. The third kappa shape index (κ3) is 3.84. The first-order valence-corrected chi connectivity index (χ1v) is 5.18. The largest absolute Gasteiger partial charge is 0.433 e. The van der Waals surface area contributed by atoms with E-state index < -0.39 is 11.9 Å². The molecule has 1 N–H and O–H groups in total. The molecule has 0 saturated carbocycles. The van der Waals surface area contributed by atoms with Gasteiger partial charge in [0.2, 0.25) is 5.91 Å². The van der Waals surface area contributed by atoms with E-state index in [1.54, 1.807) is 6.07 Å². The number of rotatable bonds is 3. The molecule has 5 nitrogen and oxygen atoms in total. The Morgan fingerprint density at radius 1 is 1.47 bits per heavy atom. The second-order valence-corrected chi connectivity index (χ2v) is 3.84. The van der Waals surface area contributed by atoms with Crippen molar-refractivity contribution in [2.24, 2.45) is 0 Å². The van der Waals surface area contributed by atoms with Crippen LogP contribution in [0, 0.1) is 11.3 Å². The molecule has 1 aromatic rings. The minimum absolute atomic E-state index is 0.0560. The van der Waals surface area contributed by atoms with Crippen molar-refractivity contribution in [1.29, 1.82) is 5.26 Å². The van der Waals surface area contributed by atoms with E-state index in [-0.39, 0.29) is 23.8 Å². The van der Waals surface area contributed by atoms with E-state index in [1.807, 2.05) is 0 Å². The molecular weight excluding hydrogens is 261 g/mol. The predicted octanol–water partition coefficient (Wildman–Crippen LogP) is 1.47. The fourth-order valence-electron chi connectivity index (χ4n) is 1.16. The molecule has 1 rings (SSSR count). The molecule has 19 heavy (non-hydrogen) atoms. The molecule has 1 amide bonds. The van der Waals surface area contributed by atoms with Gasteiger partial charge >= 0.3 is 6.18 Å². The zero-order valence-corrected chi connectivity index (χ0v) is 10.2. The number of pyridine rings is 1. The highest BCUT2D eigenvalue weighted by Crippen LogP contribution is 2.29. The molecule has 1 aromatic heterocycles. The number of likely N-dealkylation sites (N-methyl/N-ethyl adjacent to an activating group) is 1. The summed E-state index contributed by atoms with van der Waals surface area (Å²) in [6.07, 6.45) is -4.60. The summed E-state index contributed by atoms with van der Waals surface area (Å²) in [6.45, 7) is -0.240. The third-order valence-electron chi connectivity index (χ3n) is 2.21. The van der Waals surface area contributed by atoms with Crippen LogP contribution in [-0.4, -0.2) is 36.4 Å².